The van der Waals surface area contributed by atoms with Crippen LogP contribution in [0.5, 0.6) is 0 Å². The summed E-state index contributed by atoms with van der Waals surface area (Å²) in [4.78, 5) is 0. The zero-order chi connectivity index (χ0) is 11.5. The second-order valence-electron chi connectivity index (χ2n) is 3.10. The van der Waals surface area contributed by atoms with Crippen molar-refractivity contribution < 1.29 is 18.3 Å². The Morgan fingerprint density at radius 2 is 2.07 bits per heavy atom. The van der Waals surface area contributed by atoms with Gasteiger partial charge in [-0.15, -0.1) is 0 Å². The summed E-state index contributed by atoms with van der Waals surface area (Å²) in [5, 5.41) is 10.6. The Kier molecular flexibility index (Phi) is 3.41. The molecule has 6 heteroatoms. The van der Waals surface area contributed by atoms with Crippen LogP contribution < -0.4 is 11.1 Å². The van der Waals surface area contributed by atoms with E-state index >= 15 is 0 Å². The first-order valence-corrected chi connectivity index (χ1v) is 4.22. The van der Waals surface area contributed by atoms with Crippen molar-refractivity contribution >= 4 is 11.4 Å². The highest BCUT2D eigenvalue weighted by atomic mass is 19.3. The first-order valence-electron chi connectivity index (χ1n) is 4.22. The SMILES string of the molecule is Nc1cc(F)ccc1NCC(F)(F)CO. The molecule has 0 aliphatic heterocycles. The average Bonchev–Trinajstić information content (AvgIpc) is 2.16. The number of rotatable bonds is 4. The lowest BCUT2D eigenvalue weighted by Crippen LogP contribution is -2.31. The smallest absolute Gasteiger partial charge is 0.287 e. The highest BCUT2D eigenvalue weighted by molar-refractivity contribution is 5.65. The van der Waals surface area contributed by atoms with E-state index in [0.29, 0.717) is 0 Å². The molecule has 0 aliphatic carbocycles. The van der Waals surface area contributed by atoms with Crippen molar-refractivity contribution in [3.63, 3.8) is 0 Å². The summed E-state index contributed by atoms with van der Waals surface area (Å²) in [5.74, 6) is -3.76. The van der Waals surface area contributed by atoms with E-state index in [-0.39, 0.29) is 11.4 Å². The summed E-state index contributed by atoms with van der Waals surface area (Å²) in [6.07, 6.45) is 0. The lowest BCUT2D eigenvalue weighted by Gasteiger charge is -2.15. The van der Waals surface area contributed by atoms with Gasteiger partial charge in [0.25, 0.3) is 5.92 Å². The summed E-state index contributed by atoms with van der Waals surface area (Å²) >= 11 is 0. The number of alkyl halides is 2. The van der Waals surface area contributed by atoms with Crippen molar-refractivity contribution in [1.82, 2.24) is 0 Å². The second-order valence-corrected chi connectivity index (χ2v) is 3.10. The minimum atomic E-state index is -3.22. The highest BCUT2D eigenvalue weighted by Crippen LogP contribution is 2.21. The van der Waals surface area contributed by atoms with E-state index in [1.165, 1.54) is 6.07 Å². The molecular weight excluding hydrogens is 209 g/mol. The number of anilines is 2. The molecule has 3 nitrogen and oxygen atoms in total. The maximum atomic E-state index is 12.6. The van der Waals surface area contributed by atoms with Crippen molar-refractivity contribution in [3.8, 4) is 0 Å². The first kappa shape index (κ1) is 11.6. The number of aliphatic hydroxyl groups excluding tert-OH is 1. The Morgan fingerprint density at radius 3 is 2.60 bits per heavy atom. The van der Waals surface area contributed by atoms with E-state index in [4.69, 9.17) is 10.8 Å². The predicted octanol–water partition coefficient (Wildman–Crippen LogP) is 1.45. The van der Waals surface area contributed by atoms with Gasteiger partial charge in [0, 0.05) is 0 Å². The van der Waals surface area contributed by atoms with Crippen LogP contribution >= 0.6 is 0 Å². The molecule has 0 radical (unpaired) electrons. The number of halogens is 3. The first-order chi connectivity index (χ1) is 6.94. The number of nitrogens with two attached hydrogens (primary N) is 1. The fourth-order valence-electron chi connectivity index (χ4n) is 0.975. The molecule has 4 N–H and O–H groups in total. The summed E-state index contributed by atoms with van der Waals surface area (Å²) in [6.45, 7) is -2.00. The topological polar surface area (TPSA) is 58.3 Å². The Morgan fingerprint density at radius 1 is 1.40 bits per heavy atom. The van der Waals surface area contributed by atoms with Gasteiger partial charge in [-0.3, -0.25) is 0 Å². The monoisotopic (exact) mass is 220 g/mol. The van der Waals surface area contributed by atoms with Crippen LogP contribution in [0.3, 0.4) is 0 Å². The molecule has 0 saturated carbocycles. The zero-order valence-electron chi connectivity index (χ0n) is 7.80. The van der Waals surface area contributed by atoms with Gasteiger partial charge in [-0.25, -0.2) is 13.2 Å². The van der Waals surface area contributed by atoms with E-state index in [9.17, 15) is 13.2 Å². The van der Waals surface area contributed by atoms with Crippen LogP contribution in [0, 0.1) is 5.82 Å². The van der Waals surface area contributed by atoms with Gasteiger partial charge in [-0.1, -0.05) is 0 Å². The normalized spacial score (nSPS) is 11.5. The van der Waals surface area contributed by atoms with Gasteiger partial charge in [0.1, 0.15) is 12.4 Å². The van der Waals surface area contributed by atoms with Gasteiger partial charge in [0.05, 0.1) is 17.9 Å². The van der Waals surface area contributed by atoms with Crippen LogP contribution in [0.4, 0.5) is 24.5 Å². The third-order valence-corrected chi connectivity index (χ3v) is 1.78. The Labute approximate surface area is 84.7 Å². The van der Waals surface area contributed by atoms with Crippen molar-refractivity contribution in [1.29, 1.82) is 0 Å². The highest BCUT2D eigenvalue weighted by Gasteiger charge is 2.27. The van der Waals surface area contributed by atoms with E-state index < -0.39 is 24.9 Å². The molecule has 1 aromatic rings. The molecule has 0 saturated heterocycles. The third-order valence-electron chi connectivity index (χ3n) is 1.78. The molecule has 0 spiro atoms. The molecule has 0 atom stereocenters. The van der Waals surface area contributed by atoms with Crippen molar-refractivity contribution in [2.75, 3.05) is 24.2 Å². The maximum Gasteiger partial charge on any atom is 0.287 e. The van der Waals surface area contributed by atoms with Gasteiger partial charge in [0.15, 0.2) is 0 Å². The minimum absolute atomic E-state index is 0.0451. The quantitative estimate of drug-likeness (QED) is 0.673. The van der Waals surface area contributed by atoms with Gasteiger partial charge < -0.3 is 16.2 Å². The molecule has 0 heterocycles. The molecule has 15 heavy (non-hydrogen) atoms. The van der Waals surface area contributed by atoms with Crippen molar-refractivity contribution in [2.24, 2.45) is 0 Å². The number of nitrogens with one attached hydrogen (secondary N) is 1. The molecule has 0 unspecified atom stereocenters. The van der Waals surface area contributed by atoms with Gasteiger partial charge in [0.2, 0.25) is 0 Å². The molecule has 84 valence electrons. The Bertz CT molecular complexity index is 344. The number of nitrogen functional groups attached to an aromatic ring is 1. The molecule has 1 rings (SSSR count). The summed E-state index contributed by atoms with van der Waals surface area (Å²) in [5.41, 5.74) is 5.64. The standard InChI is InChI=1S/C9H11F3N2O/c10-6-1-2-8(7(13)3-6)14-4-9(11,12)5-15/h1-3,14-15H,4-5,13H2. The van der Waals surface area contributed by atoms with Crippen LogP contribution in [0.2, 0.25) is 0 Å². The fraction of sp³-hybridized carbons (Fsp3) is 0.333. The molecule has 0 bridgehead atoms. The summed E-state index contributed by atoms with van der Waals surface area (Å²) in [7, 11) is 0. The molecule has 0 fully saturated rings. The molecular formula is C9H11F3N2O. The maximum absolute atomic E-state index is 12.6. The van der Waals surface area contributed by atoms with Gasteiger partial charge in [-0.2, -0.15) is 0 Å². The Hall–Kier alpha value is -1.43. The molecule has 0 aliphatic rings. The van der Waals surface area contributed by atoms with E-state index in [2.05, 4.69) is 5.32 Å². The zero-order valence-corrected chi connectivity index (χ0v) is 7.80. The van der Waals surface area contributed by atoms with Crippen LogP contribution in [-0.4, -0.2) is 24.2 Å². The number of aliphatic hydroxyl groups is 1. The lowest BCUT2D eigenvalue weighted by atomic mass is 10.2. The van der Waals surface area contributed by atoms with Crippen LogP contribution in [0.15, 0.2) is 18.2 Å². The summed E-state index contributed by atoms with van der Waals surface area (Å²) in [6, 6.07) is 3.40. The number of benzene rings is 1. The molecule has 1 aromatic carbocycles. The van der Waals surface area contributed by atoms with Crippen LogP contribution in [0.25, 0.3) is 0 Å². The summed E-state index contributed by atoms with van der Waals surface area (Å²) < 4.78 is 37.8. The molecule has 0 aromatic heterocycles. The number of hydrogen-bond acceptors (Lipinski definition) is 3. The minimum Gasteiger partial charge on any atom is -0.397 e. The van der Waals surface area contributed by atoms with Crippen LogP contribution in [0.1, 0.15) is 0 Å². The largest absolute Gasteiger partial charge is 0.397 e. The van der Waals surface area contributed by atoms with Crippen molar-refractivity contribution in [3.05, 3.63) is 24.0 Å². The second kappa shape index (κ2) is 4.39. The predicted molar refractivity (Wildman–Crippen MR) is 51.3 cm³/mol. The Balaban J connectivity index is 2.66. The van der Waals surface area contributed by atoms with E-state index in [1.807, 2.05) is 0 Å². The van der Waals surface area contributed by atoms with Crippen LogP contribution in [-0.2, 0) is 0 Å². The number of hydrogen-bond donors (Lipinski definition) is 3. The third kappa shape index (κ3) is 3.32. The average molecular weight is 220 g/mol. The lowest BCUT2D eigenvalue weighted by molar-refractivity contribution is -0.0372. The van der Waals surface area contributed by atoms with Crippen molar-refractivity contribution in [2.45, 2.75) is 5.92 Å². The van der Waals surface area contributed by atoms with E-state index in [0.717, 1.165) is 12.1 Å². The molecule has 0 amide bonds. The van der Waals surface area contributed by atoms with E-state index in [1.54, 1.807) is 0 Å². The van der Waals surface area contributed by atoms with Gasteiger partial charge in [-0.05, 0) is 18.2 Å². The van der Waals surface area contributed by atoms with Gasteiger partial charge >= 0.3 is 0 Å². The fourth-order valence-corrected chi connectivity index (χ4v) is 0.975.